The van der Waals surface area contributed by atoms with Gasteiger partial charge >= 0.3 is 6.11 Å². The molecule has 274 valence electrons. The lowest BCUT2D eigenvalue weighted by Crippen LogP contribution is -2.25. The molecule has 10 heteroatoms. The number of halogens is 9. The second-order valence-corrected chi connectivity index (χ2v) is 13.5. The summed E-state index contributed by atoms with van der Waals surface area (Å²) in [5, 5.41) is 0. The molecule has 0 saturated heterocycles. The predicted molar refractivity (Wildman–Crippen MR) is 180 cm³/mol. The van der Waals surface area contributed by atoms with E-state index in [0.717, 1.165) is 43.4 Å². The fourth-order valence-corrected chi connectivity index (χ4v) is 7.08. The van der Waals surface area contributed by atoms with E-state index in [1.165, 1.54) is 69.9 Å². The monoisotopic (exact) mass is 720 g/mol. The molecule has 0 N–H and O–H groups in total. The molecular formula is C41H41F9O. The summed E-state index contributed by atoms with van der Waals surface area (Å²) >= 11 is 0. The predicted octanol–water partition coefficient (Wildman–Crippen LogP) is 13.9. The molecule has 51 heavy (non-hydrogen) atoms. The molecule has 0 amide bonds. The third kappa shape index (κ3) is 9.49. The molecule has 0 spiro atoms. The molecule has 4 aromatic rings. The first-order chi connectivity index (χ1) is 24.4. The average Bonchev–Trinajstić information content (AvgIpc) is 3.08. The van der Waals surface area contributed by atoms with Crippen molar-refractivity contribution in [3.8, 4) is 28.0 Å². The molecule has 1 aliphatic carbocycles. The molecule has 0 radical (unpaired) electrons. The Morgan fingerprint density at radius 3 is 1.69 bits per heavy atom. The molecule has 1 aliphatic rings. The van der Waals surface area contributed by atoms with Crippen LogP contribution >= 0.6 is 0 Å². The number of unbranched alkanes of at least 4 members (excludes halogenated alkanes) is 7. The van der Waals surface area contributed by atoms with Crippen molar-refractivity contribution in [3.05, 3.63) is 113 Å². The summed E-state index contributed by atoms with van der Waals surface area (Å²) in [7, 11) is 0. The first-order valence-corrected chi connectivity index (χ1v) is 17.7. The van der Waals surface area contributed by atoms with Crippen molar-refractivity contribution >= 4 is 0 Å². The maximum atomic E-state index is 15.4. The number of alkyl halides is 2. The maximum Gasteiger partial charge on any atom is 0.432 e. The summed E-state index contributed by atoms with van der Waals surface area (Å²) in [6, 6.07) is 9.47. The van der Waals surface area contributed by atoms with E-state index in [1.54, 1.807) is 6.07 Å². The highest BCUT2D eigenvalue weighted by Gasteiger charge is 2.41. The third-order valence-corrected chi connectivity index (χ3v) is 9.90. The van der Waals surface area contributed by atoms with Crippen molar-refractivity contribution in [2.45, 2.75) is 102 Å². The SMILES string of the molecule is CCCCCCCCCCC1CCC(c2ccc(-c3ccc(-c4cc(F)c(C(F)(F)Oc5cc(F)c(F)c(F)c5)c(F)c4)c(F)c3)c(F)c2)CC1. The van der Waals surface area contributed by atoms with Crippen molar-refractivity contribution in [2.75, 3.05) is 0 Å². The van der Waals surface area contributed by atoms with Gasteiger partial charge in [-0.05, 0) is 78.5 Å². The zero-order chi connectivity index (χ0) is 36.7. The zero-order valence-corrected chi connectivity index (χ0v) is 28.4. The van der Waals surface area contributed by atoms with E-state index in [2.05, 4.69) is 11.7 Å². The number of hydrogen-bond acceptors (Lipinski definition) is 1. The third-order valence-electron chi connectivity index (χ3n) is 9.90. The summed E-state index contributed by atoms with van der Waals surface area (Å²) in [6.45, 7) is 2.22. The molecular weight excluding hydrogens is 679 g/mol. The van der Waals surface area contributed by atoms with Crippen LogP contribution in [0.15, 0.2) is 60.7 Å². The van der Waals surface area contributed by atoms with E-state index >= 15 is 8.78 Å². The van der Waals surface area contributed by atoms with Gasteiger partial charge in [0.15, 0.2) is 17.5 Å². The highest BCUT2D eigenvalue weighted by Crippen LogP contribution is 2.41. The Balaban J connectivity index is 1.21. The van der Waals surface area contributed by atoms with Crippen molar-refractivity contribution < 1.29 is 44.3 Å². The summed E-state index contributed by atoms with van der Waals surface area (Å²) in [5.74, 6) is -11.1. The maximum absolute atomic E-state index is 15.4. The van der Waals surface area contributed by atoms with Gasteiger partial charge in [0.05, 0.1) is 0 Å². The first-order valence-electron chi connectivity index (χ1n) is 17.7. The Morgan fingerprint density at radius 2 is 1.10 bits per heavy atom. The molecule has 0 atom stereocenters. The van der Waals surface area contributed by atoms with Crippen LogP contribution < -0.4 is 4.74 Å². The summed E-state index contributed by atoms with van der Waals surface area (Å²) in [6.07, 6.45) is 11.0. The largest absolute Gasteiger partial charge is 0.432 e. The summed E-state index contributed by atoms with van der Waals surface area (Å²) < 4.78 is 134. The molecule has 1 nitrogen and oxygen atoms in total. The molecule has 0 heterocycles. The van der Waals surface area contributed by atoms with Gasteiger partial charge in [0.1, 0.15) is 34.6 Å². The van der Waals surface area contributed by atoms with Crippen LogP contribution in [-0.2, 0) is 6.11 Å². The topological polar surface area (TPSA) is 9.23 Å². The van der Waals surface area contributed by atoms with E-state index in [4.69, 9.17) is 0 Å². The Hall–Kier alpha value is -3.95. The van der Waals surface area contributed by atoms with Crippen molar-refractivity contribution in [2.24, 2.45) is 5.92 Å². The molecule has 5 rings (SSSR count). The van der Waals surface area contributed by atoms with Crippen LogP contribution in [0.5, 0.6) is 5.75 Å². The molecule has 0 bridgehead atoms. The summed E-state index contributed by atoms with van der Waals surface area (Å²) in [4.78, 5) is 0. The lowest BCUT2D eigenvalue weighted by Gasteiger charge is -2.29. The van der Waals surface area contributed by atoms with Crippen molar-refractivity contribution in [3.63, 3.8) is 0 Å². The van der Waals surface area contributed by atoms with Crippen LogP contribution in [0.3, 0.4) is 0 Å². The van der Waals surface area contributed by atoms with Crippen molar-refractivity contribution in [1.82, 2.24) is 0 Å². The molecule has 4 aromatic carbocycles. The van der Waals surface area contributed by atoms with Crippen molar-refractivity contribution in [1.29, 1.82) is 0 Å². The van der Waals surface area contributed by atoms with E-state index in [-0.39, 0.29) is 34.7 Å². The highest BCUT2D eigenvalue weighted by atomic mass is 19.3. The van der Waals surface area contributed by atoms with Gasteiger partial charge in [-0.25, -0.2) is 30.7 Å². The van der Waals surface area contributed by atoms with E-state index in [1.807, 2.05) is 6.07 Å². The van der Waals surface area contributed by atoms with Gasteiger partial charge in [0.2, 0.25) is 0 Å². The van der Waals surface area contributed by atoms with Gasteiger partial charge in [-0.2, -0.15) is 8.78 Å². The van der Waals surface area contributed by atoms with Crippen LogP contribution in [-0.4, -0.2) is 0 Å². The van der Waals surface area contributed by atoms with Gasteiger partial charge in [-0.15, -0.1) is 0 Å². The molecule has 0 aliphatic heterocycles. The van der Waals surface area contributed by atoms with Gasteiger partial charge in [0, 0.05) is 23.3 Å². The Kier molecular flexibility index (Phi) is 12.8. The number of rotatable bonds is 15. The highest BCUT2D eigenvalue weighted by molar-refractivity contribution is 5.72. The van der Waals surface area contributed by atoms with Gasteiger partial charge in [-0.3, -0.25) is 0 Å². The average molecular weight is 721 g/mol. The Bertz CT molecular complexity index is 1750. The first kappa shape index (κ1) is 38.3. The van der Waals surface area contributed by atoms with Gasteiger partial charge < -0.3 is 4.74 Å². The molecule has 0 aromatic heterocycles. The fourth-order valence-electron chi connectivity index (χ4n) is 7.08. The second kappa shape index (κ2) is 17.0. The van der Waals surface area contributed by atoms with E-state index in [9.17, 15) is 30.7 Å². The summed E-state index contributed by atoms with van der Waals surface area (Å²) in [5.41, 5.74) is -1.51. The molecule has 1 fully saturated rings. The Labute approximate surface area is 292 Å². The smallest absolute Gasteiger partial charge is 0.429 e. The molecule has 1 saturated carbocycles. The minimum absolute atomic E-state index is 0.0910. The fraction of sp³-hybridized carbons (Fsp3) is 0.415. The van der Waals surface area contributed by atoms with E-state index in [0.29, 0.717) is 18.1 Å². The van der Waals surface area contributed by atoms with Crippen LogP contribution in [0.1, 0.15) is 107 Å². The van der Waals surface area contributed by atoms with E-state index < -0.39 is 63.7 Å². The lowest BCUT2D eigenvalue weighted by molar-refractivity contribution is -0.189. The number of benzene rings is 4. The zero-order valence-electron chi connectivity index (χ0n) is 28.4. The van der Waals surface area contributed by atoms with Crippen LogP contribution in [0.2, 0.25) is 0 Å². The number of hydrogen-bond donors (Lipinski definition) is 0. The quantitative estimate of drug-likeness (QED) is 0.0675. The standard InChI is InChI=1S/C41H41F9O/c1-2-3-4-5-6-7-8-9-10-25-11-13-26(14-12-25)27-15-17-31(33(42)19-27)28-16-18-32(34(43)20-28)29-21-35(44)39(36(45)22-29)41(49,50)51-30-23-37(46)40(48)38(47)24-30/h15-26H,2-14H2,1H3. The molecule has 0 unspecified atom stereocenters. The number of ether oxygens (including phenoxy) is 1. The minimum atomic E-state index is -4.79. The van der Waals surface area contributed by atoms with Crippen LogP contribution in [0, 0.1) is 46.6 Å². The van der Waals surface area contributed by atoms with Gasteiger partial charge in [-0.1, -0.05) is 89.0 Å². The van der Waals surface area contributed by atoms with Crippen LogP contribution in [0.4, 0.5) is 39.5 Å². The normalized spacial score (nSPS) is 16.4. The second-order valence-electron chi connectivity index (χ2n) is 13.5. The van der Waals surface area contributed by atoms with Crippen LogP contribution in [0.25, 0.3) is 22.3 Å². The minimum Gasteiger partial charge on any atom is -0.429 e. The van der Waals surface area contributed by atoms with Gasteiger partial charge in [0.25, 0.3) is 0 Å². The lowest BCUT2D eigenvalue weighted by atomic mass is 9.77. The Morgan fingerprint density at radius 1 is 0.569 bits per heavy atom.